The van der Waals surface area contributed by atoms with E-state index < -0.39 is 0 Å². The lowest BCUT2D eigenvalue weighted by Crippen LogP contribution is -2.04. The van der Waals surface area contributed by atoms with Gasteiger partial charge in [0, 0.05) is 12.1 Å². The predicted octanol–water partition coefficient (Wildman–Crippen LogP) is 3.49. The van der Waals surface area contributed by atoms with Crippen molar-refractivity contribution >= 4 is 32.9 Å². The zero-order valence-corrected chi connectivity index (χ0v) is 11.3. The molecule has 90 valence electrons. The van der Waals surface area contributed by atoms with Crippen molar-refractivity contribution in [3.05, 3.63) is 22.4 Å². The third kappa shape index (κ3) is 1.56. The second-order valence-corrected chi connectivity index (χ2v) is 6.16. The molecule has 0 saturated heterocycles. The van der Waals surface area contributed by atoms with Crippen LogP contribution in [0.15, 0.2) is 16.6 Å². The standard InChI is InChI=1S/C12H13BrFN3/c1-12(2)5-10(12)17-9-4-7(14)6(13)3-8(9)16-11(17)15/h3-4,10H,5H2,1-2H3,(H2,15,16). The van der Waals surface area contributed by atoms with E-state index in [2.05, 4.69) is 34.8 Å². The molecule has 0 bridgehead atoms. The molecule has 1 heterocycles. The highest BCUT2D eigenvalue weighted by Crippen LogP contribution is 2.57. The molecule has 1 aliphatic carbocycles. The number of imidazole rings is 1. The lowest BCUT2D eigenvalue weighted by molar-refractivity contribution is 0.552. The Balaban J connectivity index is 2.24. The van der Waals surface area contributed by atoms with Crippen LogP contribution in [0.2, 0.25) is 0 Å². The summed E-state index contributed by atoms with van der Waals surface area (Å²) >= 11 is 3.16. The molecule has 1 aliphatic rings. The summed E-state index contributed by atoms with van der Waals surface area (Å²) in [5.41, 5.74) is 7.67. The van der Waals surface area contributed by atoms with Gasteiger partial charge in [-0.2, -0.15) is 0 Å². The highest BCUT2D eigenvalue weighted by atomic mass is 79.9. The number of anilines is 1. The van der Waals surface area contributed by atoms with E-state index in [0.717, 1.165) is 17.5 Å². The lowest BCUT2D eigenvalue weighted by Gasteiger charge is -2.08. The van der Waals surface area contributed by atoms with Gasteiger partial charge in [-0.25, -0.2) is 9.37 Å². The molecule has 0 radical (unpaired) electrons. The zero-order valence-electron chi connectivity index (χ0n) is 9.67. The van der Waals surface area contributed by atoms with Crippen LogP contribution in [-0.2, 0) is 0 Å². The smallest absolute Gasteiger partial charge is 0.201 e. The van der Waals surface area contributed by atoms with E-state index in [-0.39, 0.29) is 11.2 Å². The molecule has 1 fully saturated rings. The van der Waals surface area contributed by atoms with Crippen molar-refractivity contribution in [1.82, 2.24) is 9.55 Å². The van der Waals surface area contributed by atoms with Crippen LogP contribution in [0.25, 0.3) is 11.0 Å². The number of hydrogen-bond donors (Lipinski definition) is 1. The minimum atomic E-state index is -0.280. The zero-order chi connectivity index (χ0) is 12.4. The van der Waals surface area contributed by atoms with E-state index in [1.165, 1.54) is 6.07 Å². The van der Waals surface area contributed by atoms with Crippen LogP contribution in [-0.4, -0.2) is 9.55 Å². The molecule has 1 aromatic carbocycles. The van der Waals surface area contributed by atoms with Gasteiger partial charge in [0.25, 0.3) is 0 Å². The minimum Gasteiger partial charge on any atom is -0.369 e. The van der Waals surface area contributed by atoms with Gasteiger partial charge in [0.2, 0.25) is 5.95 Å². The number of halogens is 2. The Morgan fingerprint density at radius 1 is 1.53 bits per heavy atom. The van der Waals surface area contributed by atoms with Crippen LogP contribution in [0, 0.1) is 11.2 Å². The van der Waals surface area contributed by atoms with E-state index in [4.69, 9.17) is 5.73 Å². The quantitative estimate of drug-likeness (QED) is 0.875. The third-order valence-electron chi connectivity index (χ3n) is 3.53. The molecule has 1 atom stereocenters. The number of aromatic nitrogens is 2. The van der Waals surface area contributed by atoms with E-state index >= 15 is 0 Å². The number of hydrogen-bond acceptors (Lipinski definition) is 2. The summed E-state index contributed by atoms with van der Waals surface area (Å²) in [4.78, 5) is 4.29. The maximum Gasteiger partial charge on any atom is 0.201 e. The Hall–Kier alpha value is -1.10. The molecule has 1 unspecified atom stereocenters. The van der Waals surface area contributed by atoms with Gasteiger partial charge in [-0.3, -0.25) is 0 Å². The summed E-state index contributed by atoms with van der Waals surface area (Å²) < 4.78 is 16.0. The summed E-state index contributed by atoms with van der Waals surface area (Å²) in [5, 5.41) is 0. The van der Waals surface area contributed by atoms with Crippen molar-refractivity contribution in [3.63, 3.8) is 0 Å². The van der Waals surface area contributed by atoms with Gasteiger partial charge in [-0.1, -0.05) is 13.8 Å². The van der Waals surface area contributed by atoms with Crippen LogP contribution in [0.4, 0.5) is 10.3 Å². The largest absolute Gasteiger partial charge is 0.369 e. The Morgan fingerprint density at radius 2 is 2.18 bits per heavy atom. The van der Waals surface area contributed by atoms with Crippen molar-refractivity contribution in [3.8, 4) is 0 Å². The molecule has 3 rings (SSSR count). The maximum absolute atomic E-state index is 13.6. The predicted molar refractivity (Wildman–Crippen MR) is 69.2 cm³/mol. The summed E-state index contributed by atoms with van der Waals surface area (Å²) in [5.74, 6) is 0.185. The Morgan fingerprint density at radius 3 is 2.76 bits per heavy atom. The number of nitrogens with two attached hydrogens (primary N) is 1. The fourth-order valence-electron chi connectivity index (χ4n) is 2.32. The molecule has 2 N–H and O–H groups in total. The number of nitrogen functional groups attached to an aromatic ring is 1. The summed E-state index contributed by atoms with van der Waals surface area (Å²) in [6.07, 6.45) is 1.06. The Bertz CT molecular complexity index is 618. The average molecular weight is 298 g/mol. The van der Waals surface area contributed by atoms with E-state index in [1.807, 2.05) is 4.57 Å². The van der Waals surface area contributed by atoms with E-state index in [0.29, 0.717) is 16.5 Å². The topological polar surface area (TPSA) is 43.8 Å². The second kappa shape index (κ2) is 3.22. The summed E-state index contributed by atoms with van der Waals surface area (Å²) in [7, 11) is 0. The molecule has 2 aromatic rings. The van der Waals surface area contributed by atoms with Gasteiger partial charge >= 0.3 is 0 Å². The van der Waals surface area contributed by atoms with Crippen molar-refractivity contribution in [2.24, 2.45) is 5.41 Å². The van der Waals surface area contributed by atoms with E-state index in [1.54, 1.807) is 6.07 Å². The number of fused-ring (bicyclic) bond motifs is 1. The molecule has 1 saturated carbocycles. The number of benzene rings is 1. The van der Waals surface area contributed by atoms with Crippen LogP contribution >= 0.6 is 15.9 Å². The average Bonchev–Trinajstić information content (AvgIpc) is 2.70. The number of nitrogens with zero attached hydrogens (tertiary/aromatic N) is 2. The first-order valence-corrected chi connectivity index (χ1v) is 6.32. The molecule has 0 spiro atoms. The van der Waals surface area contributed by atoms with Gasteiger partial charge < -0.3 is 10.3 Å². The Kier molecular flexibility index (Phi) is 2.09. The van der Waals surface area contributed by atoms with Crippen LogP contribution in [0.5, 0.6) is 0 Å². The molecule has 17 heavy (non-hydrogen) atoms. The summed E-state index contributed by atoms with van der Waals surface area (Å²) in [6, 6.07) is 3.50. The van der Waals surface area contributed by atoms with Crippen LogP contribution in [0.1, 0.15) is 26.3 Å². The highest BCUT2D eigenvalue weighted by molar-refractivity contribution is 9.10. The second-order valence-electron chi connectivity index (χ2n) is 5.30. The molecular formula is C12H13BrFN3. The van der Waals surface area contributed by atoms with E-state index in [9.17, 15) is 4.39 Å². The molecule has 0 aliphatic heterocycles. The first kappa shape index (κ1) is 11.0. The minimum absolute atomic E-state index is 0.227. The third-order valence-corrected chi connectivity index (χ3v) is 4.14. The highest BCUT2D eigenvalue weighted by Gasteiger charge is 2.48. The normalized spacial score (nSPS) is 22.0. The van der Waals surface area contributed by atoms with Crippen molar-refractivity contribution < 1.29 is 4.39 Å². The van der Waals surface area contributed by atoms with Crippen molar-refractivity contribution in [1.29, 1.82) is 0 Å². The van der Waals surface area contributed by atoms with Gasteiger partial charge in [-0.05, 0) is 33.8 Å². The fraction of sp³-hybridized carbons (Fsp3) is 0.417. The van der Waals surface area contributed by atoms with Crippen LogP contribution < -0.4 is 5.73 Å². The maximum atomic E-state index is 13.6. The Labute approximate surface area is 107 Å². The molecular weight excluding hydrogens is 285 g/mol. The van der Waals surface area contributed by atoms with Gasteiger partial charge in [0.15, 0.2) is 0 Å². The van der Waals surface area contributed by atoms with Crippen molar-refractivity contribution in [2.75, 3.05) is 5.73 Å². The van der Waals surface area contributed by atoms with Gasteiger partial charge in [0.1, 0.15) is 5.82 Å². The molecule has 0 amide bonds. The van der Waals surface area contributed by atoms with Crippen molar-refractivity contribution in [2.45, 2.75) is 26.3 Å². The van der Waals surface area contributed by atoms with Crippen LogP contribution in [0.3, 0.4) is 0 Å². The molecule has 1 aromatic heterocycles. The fourth-order valence-corrected chi connectivity index (χ4v) is 2.65. The van der Waals surface area contributed by atoms with Gasteiger partial charge in [-0.15, -0.1) is 0 Å². The summed E-state index contributed by atoms with van der Waals surface area (Å²) in [6.45, 7) is 4.36. The van der Waals surface area contributed by atoms with Gasteiger partial charge in [0.05, 0.1) is 15.5 Å². The molecule has 5 heteroatoms. The molecule has 3 nitrogen and oxygen atoms in total. The lowest BCUT2D eigenvalue weighted by atomic mass is 10.2. The monoisotopic (exact) mass is 297 g/mol. The number of rotatable bonds is 1. The SMILES string of the molecule is CC1(C)CC1n1c(N)nc2cc(Br)c(F)cc21. The first-order valence-electron chi connectivity index (χ1n) is 5.52. The first-order chi connectivity index (χ1) is 7.90.